The molecule has 0 radical (unpaired) electrons. The Balaban J connectivity index is 1.59. The van der Waals surface area contributed by atoms with Gasteiger partial charge in [-0.3, -0.25) is 20.2 Å². The Morgan fingerprint density at radius 2 is 1.91 bits per heavy atom. The molecule has 1 amide bonds. The van der Waals surface area contributed by atoms with Crippen molar-refractivity contribution in [3.8, 4) is 23.3 Å². The van der Waals surface area contributed by atoms with Crippen molar-refractivity contribution in [1.82, 2.24) is 10.2 Å². The Morgan fingerprint density at radius 1 is 1.17 bits per heavy atom. The highest BCUT2D eigenvalue weighted by Gasteiger charge is 2.14. The number of nitrogens with one attached hydrogen (secondary N) is 1. The van der Waals surface area contributed by atoms with Crippen LogP contribution in [-0.2, 0) is 11.2 Å². The Hall–Kier alpha value is -4.50. The van der Waals surface area contributed by atoms with Crippen LogP contribution in [0.5, 0.6) is 17.2 Å². The van der Waals surface area contributed by atoms with Crippen molar-refractivity contribution >= 4 is 34.1 Å². The smallest absolute Gasteiger partial charge is 0.269 e. The molecular formula is C23H21N5O6S. The van der Waals surface area contributed by atoms with E-state index in [4.69, 9.17) is 14.2 Å². The van der Waals surface area contributed by atoms with Gasteiger partial charge in [-0.1, -0.05) is 24.3 Å². The van der Waals surface area contributed by atoms with Crippen LogP contribution >= 0.6 is 11.3 Å². The highest BCUT2D eigenvalue weighted by atomic mass is 32.1. The molecule has 12 heteroatoms. The fourth-order valence-corrected chi connectivity index (χ4v) is 3.47. The van der Waals surface area contributed by atoms with E-state index in [2.05, 4.69) is 15.5 Å². The molecule has 1 N–H and O–H groups in total. The highest BCUT2D eigenvalue weighted by Crippen LogP contribution is 2.29. The Kier molecular flexibility index (Phi) is 8.69. The minimum Gasteiger partial charge on any atom is -0.493 e. The van der Waals surface area contributed by atoms with Crippen LogP contribution in [0.15, 0.2) is 48.0 Å². The molecule has 180 valence electrons. The lowest BCUT2D eigenvalue weighted by Crippen LogP contribution is -2.13. The number of amides is 1. The number of ether oxygens (including phenoxy) is 3. The second kappa shape index (κ2) is 12.1. The molecule has 0 fully saturated rings. The number of benzene rings is 2. The number of nitro groups is 1. The molecule has 0 bridgehead atoms. The van der Waals surface area contributed by atoms with Crippen molar-refractivity contribution in [2.45, 2.75) is 13.3 Å². The minimum atomic E-state index is -0.589. The molecule has 0 unspecified atom stereocenters. The first-order chi connectivity index (χ1) is 16.9. The standard InChI is InChI=1S/C23H21N5O6S/c1-3-21-26-27-23(35-21)25-22(29)16(14-24)12-15-4-9-19(20(13-15)32-2)34-11-10-33-18-7-5-17(6-8-18)28(30)31/h4-9,12-13H,3,10-11H2,1-2H3,(H,25,27,29). The van der Waals surface area contributed by atoms with E-state index in [1.54, 1.807) is 18.2 Å². The van der Waals surface area contributed by atoms with E-state index in [9.17, 15) is 20.2 Å². The van der Waals surface area contributed by atoms with Crippen LogP contribution in [0.2, 0.25) is 0 Å². The normalized spacial score (nSPS) is 10.8. The van der Waals surface area contributed by atoms with Gasteiger partial charge in [-0.2, -0.15) is 5.26 Å². The first kappa shape index (κ1) is 25.1. The zero-order chi connectivity index (χ0) is 25.2. The minimum absolute atomic E-state index is 0.0182. The number of nitriles is 1. The number of aromatic nitrogens is 2. The van der Waals surface area contributed by atoms with Crippen LogP contribution in [0.4, 0.5) is 10.8 Å². The summed E-state index contributed by atoms with van der Waals surface area (Å²) >= 11 is 1.25. The SMILES string of the molecule is CCc1nnc(NC(=O)C(C#N)=Cc2ccc(OCCOc3ccc([N+](=O)[O-])cc3)c(OC)c2)s1. The molecule has 3 aromatic rings. The zero-order valence-electron chi connectivity index (χ0n) is 18.9. The second-order valence-electron chi connectivity index (χ2n) is 6.84. The Labute approximate surface area is 204 Å². The number of rotatable bonds is 11. The quantitative estimate of drug-likeness (QED) is 0.137. The van der Waals surface area contributed by atoms with Gasteiger partial charge in [-0.25, -0.2) is 0 Å². The van der Waals surface area contributed by atoms with Gasteiger partial charge >= 0.3 is 0 Å². The third-order valence-corrected chi connectivity index (χ3v) is 5.49. The van der Waals surface area contributed by atoms with E-state index in [-0.39, 0.29) is 24.5 Å². The van der Waals surface area contributed by atoms with E-state index in [1.807, 2.05) is 13.0 Å². The summed E-state index contributed by atoms with van der Waals surface area (Å²) in [6, 6.07) is 12.6. The molecule has 0 saturated carbocycles. The summed E-state index contributed by atoms with van der Waals surface area (Å²) in [6.45, 7) is 2.32. The lowest BCUT2D eigenvalue weighted by molar-refractivity contribution is -0.384. The molecule has 0 atom stereocenters. The summed E-state index contributed by atoms with van der Waals surface area (Å²) in [5.41, 5.74) is 0.440. The third kappa shape index (κ3) is 6.99. The summed E-state index contributed by atoms with van der Waals surface area (Å²) in [5, 5.41) is 31.6. The number of carbonyl (C=O) groups excluding carboxylic acids is 1. The van der Waals surface area contributed by atoms with Crippen LogP contribution < -0.4 is 19.5 Å². The monoisotopic (exact) mass is 495 g/mol. The average molecular weight is 496 g/mol. The van der Waals surface area contributed by atoms with Gasteiger partial charge in [0.2, 0.25) is 5.13 Å². The molecule has 0 aliphatic carbocycles. The first-order valence-electron chi connectivity index (χ1n) is 10.4. The molecule has 0 aliphatic heterocycles. The van der Waals surface area contributed by atoms with Crippen LogP contribution in [0.1, 0.15) is 17.5 Å². The molecule has 0 spiro atoms. The number of nitro benzene ring substituents is 1. The van der Waals surface area contributed by atoms with Gasteiger partial charge in [0, 0.05) is 12.1 Å². The largest absolute Gasteiger partial charge is 0.493 e. The topological polar surface area (TPSA) is 150 Å². The van der Waals surface area contributed by atoms with Gasteiger partial charge in [-0.05, 0) is 42.3 Å². The summed E-state index contributed by atoms with van der Waals surface area (Å²) in [5.74, 6) is 0.742. The number of nitrogens with zero attached hydrogens (tertiary/aromatic N) is 4. The van der Waals surface area contributed by atoms with Crippen molar-refractivity contribution in [3.63, 3.8) is 0 Å². The number of carbonyl (C=O) groups is 1. The van der Waals surface area contributed by atoms with Crippen LogP contribution in [0, 0.1) is 21.4 Å². The van der Waals surface area contributed by atoms with E-state index in [0.29, 0.717) is 34.4 Å². The van der Waals surface area contributed by atoms with Gasteiger partial charge in [0.15, 0.2) is 11.5 Å². The fourth-order valence-electron chi connectivity index (χ4n) is 2.80. The third-order valence-electron chi connectivity index (χ3n) is 4.51. The summed E-state index contributed by atoms with van der Waals surface area (Å²) in [4.78, 5) is 22.7. The summed E-state index contributed by atoms with van der Waals surface area (Å²) in [6.07, 6.45) is 2.13. The molecule has 0 aliphatic rings. The first-order valence-corrected chi connectivity index (χ1v) is 11.2. The molecular weight excluding hydrogens is 474 g/mol. The predicted molar refractivity (Wildman–Crippen MR) is 129 cm³/mol. The van der Waals surface area contributed by atoms with Crippen molar-refractivity contribution in [2.75, 3.05) is 25.6 Å². The predicted octanol–water partition coefficient (Wildman–Crippen LogP) is 4.02. The number of non-ortho nitro benzene ring substituents is 1. The number of methoxy groups -OCH3 is 1. The van der Waals surface area contributed by atoms with Gasteiger partial charge in [-0.15, -0.1) is 10.2 Å². The van der Waals surface area contributed by atoms with E-state index in [0.717, 1.165) is 5.01 Å². The summed E-state index contributed by atoms with van der Waals surface area (Å²) < 4.78 is 16.6. The molecule has 11 nitrogen and oxygen atoms in total. The van der Waals surface area contributed by atoms with Gasteiger partial charge in [0.25, 0.3) is 11.6 Å². The van der Waals surface area contributed by atoms with Crippen molar-refractivity contribution in [1.29, 1.82) is 5.26 Å². The highest BCUT2D eigenvalue weighted by molar-refractivity contribution is 7.15. The maximum Gasteiger partial charge on any atom is 0.269 e. The Morgan fingerprint density at radius 3 is 2.54 bits per heavy atom. The number of hydrogen-bond acceptors (Lipinski definition) is 10. The molecule has 2 aromatic carbocycles. The number of hydrogen-bond donors (Lipinski definition) is 1. The average Bonchev–Trinajstić information content (AvgIpc) is 3.33. The number of aryl methyl sites for hydroxylation is 1. The van der Waals surface area contributed by atoms with Gasteiger partial charge < -0.3 is 14.2 Å². The lowest BCUT2D eigenvalue weighted by Gasteiger charge is -2.12. The number of anilines is 1. The van der Waals surface area contributed by atoms with Crippen LogP contribution in [0.25, 0.3) is 6.08 Å². The van der Waals surface area contributed by atoms with Crippen LogP contribution in [-0.4, -0.2) is 41.4 Å². The van der Waals surface area contributed by atoms with Crippen molar-refractivity contribution < 1.29 is 23.9 Å². The molecule has 1 heterocycles. The lowest BCUT2D eigenvalue weighted by atomic mass is 10.1. The summed E-state index contributed by atoms with van der Waals surface area (Å²) in [7, 11) is 1.47. The fraction of sp³-hybridized carbons (Fsp3) is 0.217. The van der Waals surface area contributed by atoms with Crippen LogP contribution in [0.3, 0.4) is 0 Å². The Bertz CT molecular complexity index is 1270. The maximum atomic E-state index is 12.4. The molecule has 3 rings (SSSR count). The molecule has 35 heavy (non-hydrogen) atoms. The van der Waals surface area contributed by atoms with E-state index >= 15 is 0 Å². The van der Waals surface area contributed by atoms with Crippen molar-refractivity contribution in [2.24, 2.45) is 0 Å². The van der Waals surface area contributed by atoms with Crippen molar-refractivity contribution in [3.05, 3.63) is 68.7 Å². The molecule has 1 aromatic heterocycles. The maximum absolute atomic E-state index is 12.4. The second-order valence-corrected chi connectivity index (χ2v) is 7.90. The van der Waals surface area contributed by atoms with E-state index in [1.165, 1.54) is 48.8 Å². The van der Waals surface area contributed by atoms with E-state index < -0.39 is 10.8 Å². The van der Waals surface area contributed by atoms with Gasteiger partial charge in [0.05, 0.1) is 12.0 Å². The van der Waals surface area contributed by atoms with Gasteiger partial charge in [0.1, 0.15) is 35.6 Å². The molecule has 0 saturated heterocycles. The zero-order valence-corrected chi connectivity index (χ0v) is 19.7.